The molecule has 0 bridgehead atoms. The lowest BCUT2D eigenvalue weighted by Crippen LogP contribution is -2.32. The molecule has 0 aliphatic carbocycles. The Bertz CT molecular complexity index is 783. The Kier molecular flexibility index (Phi) is 6.93. The third-order valence-corrected chi connectivity index (χ3v) is 3.69. The molecule has 0 heterocycles. The van der Waals surface area contributed by atoms with Crippen molar-refractivity contribution in [3.05, 3.63) is 71.0 Å². The summed E-state index contributed by atoms with van der Waals surface area (Å²) in [5.74, 6) is -0.494. The third-order valence-electron chi connectivity index (χ3n) is 3.69. The van der Waals surface area contributed by atoms with Gasteiger partial charge in [-0.2, -0.15) is 0 Å². The Morgan fingerprint density at radius 2 is 1.67 bits per heavy atom. The number of rotatable bonds is 6. The van der Waals surface area contributed by atoms with E-state index < -0.39 is 11.7 Å². The second-order valence-electron chi connectivity index (χ2n) is 7.15. The monoisotopic (exact) mass is 372 g/mol. The Morgan fingerprint density at radius 1 is 1.00 bits per heavy atom. The fourth-order valence-electron chi connectivity index (χ4n) is 2.38. The zero-order valence-electron chi connectivity index (χ0n) is 15.8. The van der Waals surface area contributed by atoms with Crippen LogP contribution in [0.2, 0.25) is 0 Å². The lowest BCUT2D eigenvalue weighted by molar-refractivity contribution is 0.0523. The number of ether oxygens (including phenoxy) is 1. The van der Waals surface area contributed by atoms with Crippen LogP contribution in [-0.2, 0) is 17.7 Å². The number of amides is 2. The van der Waals surface area contributed by atoms with Crippen LogP contribution in [0, 0.1) is 5.82 Å². The van der Waals surface area contributed by atoms with E-state index in [-0.39, 0.29) is 11.7 Å². The van der Waals surface area contributed by atoms with Gasteiger partial charge < -0.3 is 15.4 Å². The number of benzene rings is 2. The van der Waals surface area contributed by atoms with Gasteiger partial charge in [0.15, 0.2) is 0 Å². The number of alkyl carbamates (subject to hydrolysis) is 1. The first-order chi connectivity index (χ1) is 12.7. The highest BCUT2D eigenvalue weighted by atomic mass is 19.1. The molecular weight excluding hydrogens is 347 g/mol. The van der Waals surface area contributed by atoms with Gasteiger partial charge in [-0.05, 0) is 56.5 Å². The summed E-state index contributed by atoms with van der Waals surface area (Å²) in [5.41, 5.74) is 1.38. The van der Waals surface area contributed by atoms with Gasteiger partial charge in [0.1, 0.15) is 11.4 Å². The van der Waals surface area contributed by atoms with Gasteiger partial charge >= 0.3 is 6.09 Å². The minimum Gasteiger partial charge on any atom is -0.444 e. The van der Waals surface area contributed by atoms with E-state index in [1.807, 2.05) is 0 Å². The fourth-order valence-corrected chi connectivity index (χ4v) is 2.38. The standard InChI is InChI=1S/C21H25FN2O3/c1-21(2,3)27-20(26)24-14-15-8-10-17(11-9-15)19(25)23-13-12-16-6-4-5-7-18(16)22/h4-11H,12-14H2,1-3H3,(H,23,25)(H,24,26). The van der Waals surface area contributed by atoms with Crippen molar-refractivity contribution in [1.29, 1.82) is 0 Å². The summed E-state index contributed by atoms with van der Waals surface area (Å²) in [7, 11) is 0. The first-order valence-electron chi connectivity index (χ1n) is 8.82. The van der Waals surface area contributed by atoms with Gasteiger partial charge in [0.25, 0.3) is 5.91 Å². The lowest BCUT2D eigenvalue weighted by Gasteiger charge is -2.19. The van der Waals surface area contributed by atoms with Gasteiger partial charge in [0, 0.05) is 18.7 Å². The second-order valence-corrected chi connectivity index (χ2v) is 7.15. The van der Waals surface area contributed by atoms with Crippen molar-refractivity contribution in [3.63, 3.8) is 0 Å². The lowest BCUT2D eigenvalue weighted by atomic mass is 10.1. The maximum Gasteiger partial charge on any atom is 0.407 e. The molecule has 2 aromatic rings. The van der Waals surface area contributed by atoms with E-state index in [2.05, 4.69) is 10.6 Å². The summed E-state index contributed by atoms with van der Waals surface area (Å²) < 4.78 is 18.7. The van der Waals surface area contributed by atoms with Crippen LogP contribution in [0.3, 0.4) is 0 Å². The topological polar surface area (TPSA) is 67.4 Å². The summed E-state index contributed by atoms with van der Waals surface area (Å²) in [4.78, 5) is 23.8. The molecule has 144 valence electrons. The Morgan fingerprint density at radius 3 is 2.30 bits per heavy atom. The van der Waals surface area contributed by atoms with Gasteiger partial charge in [-0.25, -0.2) is 9.18 Å². The first kappa shape index (κ1) is 20.4. The fraction of sp³-hybridized carbons (Fsp3) is 0.333. The molecule has 0 aliphatic rings. The molecule has 0 unspecified atom stereocenters. The van der Waals surface area contributed by atoms with Crippen LogP contribution in [0.15, 0.2) is 48.5 Å². The van der Waals surface area contributed by atoms with Gasteiger partial charge in [-0.1, -0.05) is 30.3 Å². The summed E-state index contributed by atoms with van der Waals surface area (Å²) >= 11 is 0. The van der Waals surface area contributed by atoms with E-state index in [0.717, 1.165) is 5.56 Å². The molecular formula is C21H25FN2O3. The molecule has 2 aromatic carbocycles. The predicted octanol–water partition coefficient (Wildman–Crippen LogP) is 3.82. The molecule has 0 spiro atoms. The third kappa shape index (κ3) is 7.09. The summed E-state index contributed by atoms with van der Waals surface area (Å²) in [6.45, 7) is 6.05. The smallest absolute Gasteiger partial charge is 0.407 e. The van der Waals surface area contributed by atoms with E-state index in [9.17, 15) is 14.0 Å². The molecule has 2 rings (SSSR count). The maximum atomic E-state index is 13.6. The molecule has 0 saturated carbocycles. The molecule has 6 heteroatoms. The van der Waals surface area contributed by atoms with Crippen molar-refractivity contribution in [2.24, 2.45) is 0 Å². The molecule has 0 radical (unpaired) electrons. The van der Waals surface area contributed by atoms with E-state index in [0.29, 0.717) is 30.6 Å². The minimum atomic E-state index is -0.547. The summed E-state index contributed by atoms with van der Waals surface area (Å²) in [6.07, 6.45) is -0.0616. The van der Waals surface area contributed by atoms with Crippen LogP contribution in [0.1, 0.15) is 42.3 Å². The second kappa shape index (κ2) is 9.16. The average Bonchev–Trinajstić information content (AvgIpc) is 2.60. The van der Waals surface area contributed by atoms with Crippen LogP contribution in [0.25, 0.3) is 0 Å². The first-order valence-corrected chi connectivity index (χ1v) is 8.82. The van der Waals surface area contributed by atoms with Crippen LogP contribution >= 0.6 is 0 Å². The van der Waals surface area contributed by atoms with Crippen LogP contribution < -0.4 is 10.6 Å². The quantitative estimate of drug-likeness (QED) is 0.810. The van der Waals surface area contributed by atoms with Crippen molar-refractivity contribution in [1.82, 2.24) is 10.6 Å². The normalized spacial score (nSPS) is 11.0. The molecule has 5 nitrogen and oxygen atoms in total. The zero-order valence-corrected chi connectivity index (χ0v) is 15.8. The molecule has 2 N–H and O–H groups in total. The number of hydrogen-bond acceptors (Lipinski definition) is 3. The van der Waals surface area contributed by atoms with E-state index in [1.165, 1.54) is 6.07 Å². The molecule has 0 aromatic heterocycles. The van der Waals surface area contributed by atoms with Crippen molar-refractivity contribution in [2.45, 2.75) is 39.3 Å². The van der Waals surface area contributed by atoms with Crippen LogP contribution in [0.4, 0.5) is 9.18 Å². The molecule has 0 fully saturated rings. The van der Waals surface area contributed by atoms with Gasteiger partial charge in [-0.3, -0.25) is 4.79 Å². The summed E-state index contributed by atoms with van der Waals surface area (Å²) in [5, 5.41) is 5.44. The van der Waals surface area contributed by atoms with Crippen molar-refractivity contribution in [2.75, 3.05) is 6.54 Å². The molecule has 0 aliphatic heterocycles. The number of carbonyl (C=O) groups is 2. The van der Waals surface area contributed by atoms with Crippen LogP contribution in [-0.4, -0.2) is 24.1 Å². The van der Waals surface area contributed by atoms with Crippen molar-refractivity contribution in [3.8, 4) is 0 Å². The highest BCUT2D eigenvalue weighted by Gasteiger charge is 2.15. The number of halogens is 1. The molecule has 0 atom stereocenters. The van der Waals surface area contributed by atoms with Crippen LogP contribution in [0.5, 0.6) is 0 Å². The van der Waals surface area contributed by atoms with E-state index >= 15 is 0 Å². The molecule has 27 heavy (non-hydrogen) atoms. The number of hydrogen-bond donors (Lipinski definition) is 2. The Balaban J connectivity index is 1.79. The van der Waals surface area contributed by atoms with Gasteiger partial charge in [-0.15, -0.1) is 0 Å². The average molecular weight is 372 g/mol. The van der Waals surface area contributed by atoms with Crippen molar-refractivity contribution < 1.29 is 18.7 Å². The van der Waals surface area contributed by atoms with E-state index in [4.69, 9.17) is 4.74 Å². The highest BCUT2D eigenvalue weighted by Crippen LogP contribution is 2.09. The van der Waals surface area contributed by atoms with Crippen molar-refractivity contribution >= 4 is 12.0 Å². The van der Waals surface area contributed by atoms with Gasteiger partial charge in [0.2, 0.25) is 0 Å². The maximum absolute atomic E-state index is 13.6. The zero-order chi connectivity index (χ0) is 19.9. The number of carbonyl (C=O) groups excluding carboxylic acids is 2. The largest absolute Gasteiger partial charge is 0.444 e. The predicted molar refractivity (Wildman–Crippen MR) is 102 cm³/mol. The number of nitrogens with one attached hydrogen (secondary N) is 2. The SMILES string of the molecule is CC(C)(C)OC(=O)NCc1ccc(C(=O)NCCc2ccccc2F)cc1. The Labute approximate surface area is 158 Å². The molecule has 0 saturated heterocycles. The van der Waals surface area contributed by atoms with E-state index in [1.54, 1.807) is 63.2 Å². The van der Waals surface area contributed by atoms with Gasteiger partial charge in [0.05, 0.1) is 0 Å². The molecule has 2 amide bonds. The highest BCUT2D eigenvalue weighted by molar-refractivity contribution is 5.94. The minimum absolute atomic E-state index is 0.224. The summed E-state index contributed by atoms with van der Waals surface area (Å²) in [6, 6.07) is 13.4. The Hall–Kier alpha value is -2.89.